The van der Waals surface area contributed by atoms with Gasteiger partial charge in [0.25, 0.3) is 5.91 Å². The van der Waals surface area contributed by atoms with E-state index in [2.05, 4.69) is 40.5 Å². The lowest BCUT2D eigenvalue weighted by molar-refractivity contribution is -0.134. The molecule has 14 heteroatoms. The predicted molar refractivity (Wildman–Crippen MR) is 177 cm³/mol. The van der Waals surface area contributed by atoms with E-state index in [4.69, 9.17) is 4.74 Å². The normalized spacial score (nSPS) is 12.7. The average molecular weight is 671 g/mol. The molecule has 246 valence electrons. The number of hydrogen-bond acceptors (Lipinski definition) is 9. The van der Waals surface area contributed by atoms with Crippen molar-refractivity contribution in [2.45, 2.75) is 30.6 Å². The van der Waals surface area contributed by atoms with Gasteiger partial charge in [-0.05, 0) is 54.7 Å². The Labute approximate surface area is 273 Å². The Hall–Kier alpha value is -4.43. The maximum Gasteiger partial charge on any atom is 0.339 e. The van der Waals surface area contributed by atoms with E-state index in [9.17, 15) is 32.4 Å². The number of nitrogens with one attached hydrogen (secondary N) is 4. The summed E-state index contributed by atoms with van der Waals surface area (Å²) < 4.78 is 28.8. The van der Waals surface area contributed by atoms with Gasteiger partial charge in [0.1, 0.15) is 6.61 Å². The van der Waals surface area contributed by atoms with Crippen LogP contribution in [0.15, 0.2) is 65.6 Å². The van der Waals surface area contributed by atoms with E-state index < -0.39 is 15.8 Å². The lowest BCUT2D eigenvalue weighted by atomic mass is 9.96. The SMILES string of the molecule is C=C(CCC(=O)NCC(=O)NCCCCNC(=O)c1ccc(C2=C(c3ccc(S(C)(=O)=O)cc3)COC2=O)cc1)CNC(=O)CS. The molecule has 4 amide bonds. The van der Waals surface area contributed by atoms with Gasteiger partial charge in [-0.2, -0.15) is 12.6 Å². The number of cyclic esters (lactones) is 1. The Balaban J connectivity index is 1.36. The van der Waals surface area contributed by atoms with E-state index in [1.165, 1.54) is 12.1 Å². The number of carbonyl (C=O) groups is 5. The van der Waals surface area contributed by atoms with E-state index in [0.29, 0.717) is 65.8 Å². The van der Waals surface area contributed by atoms with Crippen molar-refractivity contribution in [1.29, 1.82) is 0 Å². The molecule has 2 aromatic rings. The second kappa shape index (κ2) is 17.3. The summed E-state index contributed by atoms with van der Waals surface area (Å²) in [5.74, 6) is -1.55. The van der Waals surface area contributed by atoms with Gasteiger partial charge in [-0.3, -0.25) is 19.2 Å². The van der Waals surface area contributed by atoms with Gasteiger partial charge in [0.2, 0.25) is 17.7 Å². The van der Waals surface area contributed by atoms with Gasteiger partial charge in [0.15, 0.2) is 9.84 Å². The lowest BCUT2D eigenvalue weighted by Gasteiger charge is -2.09. The first-order chi connectivity index (χ1) is 21.9. The summed E-state index contributed by atoms with van der Waals surface area (Å²) in [5, 5.41) is 10.7. The number of carbonyl (C=O) groups excluding carboxylic acids is 5. The van der Waals surface area contributed by atoms with Crippen LogP contribution in [0.25, 0.3) is 11.1 Å². The second-order valence-electron chi connectivity index (χ2n) is 10.6. The highest BCUT2D eigenvalue weighted by molar-refractivity contribution is 7.90. The number of hydrogen-bond donors (Lipinski definition) is 5. The number of unbranched alkanes of at least 4 members (excludes halogenated alkanes) is 1. The van der Waals surface area contributed by atoms with Crippen molar-refractivity contribution in [3.05, 3.63) is 77.4 Å². The second-order valence-corrected chi connectivity index (χ2v) is 12.9. The molecule has 0 saturated heterocycles. The van der Waals surface area contributed by atoms with Crippen LogP contribution in [0.3, 0.4) is 0 Å². The Morgan fingerprint density at radius 1 is 0.804 bits per heavy atom. The fourth-order valence-corrected chi connectivity index (χ4v) is 5.13. The summed E-state index contributed by atoms with van der Waals surface area (Å²) in [6.45, 7) is 4.74. The highest BCUT2D eigenvalue weighted by Crippen LogP contribution is 2.33. The van der Waals surface area contributed by atoms with Crippen LogP contribution in [0.4, 0.5) is 0 Å². The summed E-state index contributed by atoms with van der Waals surface area (Å²) in [5.41, 5.74) is 3.34. The zero-order valence-corrected chi connectivity index (χ0v) is 27.2. The molecule has 2 aromatic carbocycles. The van der Waals surface area contributed by atoms with Crippen LogP contribution in [-0.2, 0) is 33.8 Å². The third-order valence-corrected chi connectivity index (χ3v) is 8.38. The Kier molecular flexibility index (Phi) is 13.6. The molecule has 0 aliphatic carbocycles. The molecule has 0 bridgehead atoms. The van der Waals surface area contributed by atoms with E-state index in [1.807, 2.05) is 0 Å². The van der Waals surface area contributed by atoms with Gasteiger partial charge in [0.05, 0.1) is 22.8 Å². The molecule has 4 N–H and O–H groups in total. The molecule has 0 fully saturated rings. The van der Waals surface area contributed by atoms with Crippen molar-refractivity contribution in [1.82, 2.24) is 21.3 Å². The van der Waals surface area contributed by atoms with E-state index in [-0.39, 0.29) is 60.4 Å². The number of esters is 1. The maximum atomic E-state index is 12.6. The third kappa shape index (κ3) is 11.2. The zero-order chi connectivity index (χ0) is 33.7. The number of sulfone groups is 1. The maximum absolute atomic E-state index is 12.6. The Morgan fingerprint density at radius 3 is 2.04 bits per heavy atom. The quantitative estimate of drug-likeness (QED) is 0.0731. The molecule has 0 aromatic heterocycles. The van der Waals surface area contributed by atoms with Crippen molar-refractivity contribution in [2.75, 3.05) is 44.8 Å². The summed E-state index contributed by atoms with van der Waals surface area (Å²) in [6.07, 6.45) is 2.89. The zero-order valence-electron chi connectivity index (χ0n) is 25.5. The smallest absolute Gasteiger partial charge is 0.339 e. The van der Waals surface area contributed by atoms with E-state index in [1.54, 1.807) is 36.4 Å². The molecule has 0 unspecified atom stereocenters. The van der Waals surface area contributed by atoms with Gasteiger partial charge < -0.3 is 26.0 Å². The molecular weight excluding hydrogens is 633 g/mol. The van der Waals surface area contributed by atoms with Crippen LogP contribution < -0.4 is 21.3 Å². The molecule has 0 atom stereocenters. The first kappa shape index (κ1) is 36.0. The fraction of sp³-hybridized carbons (Fsp3) is 0.344. The molecule has 0 spiro atoms. The van der Waals surface area contributed by atoms with Crippen LogP contribution in [0.5, 0.6) is 0 Å². The number of thiol groups is 1. The van der Waals surface area contributed by atoms with Gasteiger partial charge in [-0.1, -0.05) is 36.4 Å². The van der Waals surface area contributed by atoms with Crippen molar-refractivity contribution in [3.8, 4) is 0 Å². The van der Waals surface area contributed by atoms with Gasteiger partial charge in [-0.25, -0.2) is 13.2 Å². The first-order valence-electron chi connectivity index (χ1n) is 14.6. The van der Waals surface area contributed by atoms with Crippen LogP contribution in [-0.4, -0.2) is 82.8 Å². The minimum Gasteiger partial charge on any atom is -0.457 e. The van der Waals surface area contributed by atoms with E-state index in [0.717, 1.165) is 6.26 Å². The predicted octanol–water partition coefficient (Wildman–Crippen LogP) is 1.68. The topological polar surface area (TPSA) is 177 Å². The number of benzene rings is 2. The fourth-order valence-electron chi connectivity index (χ4n) is 4.39. The Morgan fingerprint density at radius 2 is 1.41 bits per heavy atom. The van der Waals surface area contributed by atoms with Crippen LogP contribution in [0.1, 0.15) is 47.2 Å². The largest absolute Gasteiger partial charge is 0.457 e. The average Bonchev–Trinajstić information content (AvgIpc) is 3.43. The van der Waals surface area contributed by atoms with Crippen LogP contribution in [0, 0.1) is 0 Å². The van der Waals surface area contributed by atoms with Crippen molar-refractivity contribution < 1.29 is 37.1 Å². The van der Waals surface area contributed by atoms with Gasteiger partial charge in [-0.15, -0.1) is 0 Å². The van der Waals surface area contributed by atoms with Gasteiger partial charge >= 0.3 is 5.97 Å². The van der Waals surface area contributed by atoms with Crippen LogP contribution in [0.2, 0.25) is 0 Å². The number of ether oxygens (including phenoxy) is 1. The molecule has 3 rings (SSSR count). The molecule has 46 heavy (non-hydrogen) atoms. The molecular formula is C32H38N4O8S2. The molecule has 12 nitrogen and oxygen atoms in total. The van der Waals surface area contributed by atoms with Crippen molar-refractivity contribution in [3.63, 3.8) is 0 Å². The highest BCUT2D eigenvalue weighted by atomic mass is 32.2. The molecule has 1 aliphatic rings. The van der Waals surface area contributed by atoms with E-state index >= 15 is 0 Å². The molecule has 1 heterocycles. The number of amides is 4. The van der Waals surface area contributed by atoms with Crippen molar-refractivity contribution >= 4 is 63.2 Å². The van der Waals surface area contributed by atoms with Gasteiger partial charge in [0, 0.05) is 43.4 Å². The molecule has 1 aliphatic heterocycles. The van der Waals surface area contributed by atoms with Crippen molar-refractivity contribution in [2.24, 2.45) is 0 Å². The molecule has 0 saturated carbocycles. The summed E-state index contributed by atoms with van der Waals surface area (Å²) in [4.78, 5) is 60.4. The lowest BCUT2D eigenvalue weighted by Crippen LogP contribution is -2.37. The number of rotatable bonds is 17. The minimum absolute atomic E-state index is 0.0561. The standard InChI is InChI=1S/C32H38N4O8S2/c1-21(17-35-29(39)20-45)5-14-27(37)36-18-28(38)33-15-3-4-16-34-31(40)24-8-6-23(7-9-24)30-26(19-44-32(30)41)22-10-12-25(13-11-22)46(2,42)43/h6-13,45H,1,3-5,14-20H2,2H3,(H,33,38)(H,34,40)(H,35,39)(H,36,37). The first-order valence-corrected chi connectivity index (χ1v) is 17.1. The summed E-state index contributed by atoms with van der Waals surface area (Å²) in [7, 11) is -3.35. The van der Waals surface area contributed by atoms with Crippen LogP contribution >= 0.6 is 12.6 Å². The molecule has 0 radical (unpaired) electrons. The Bertz CT molecular complexity index is 1600. The third-order valence-electron chi connectivity index (χ3n) is 6.96. The highest BCUT2D eigenvalue weighted by Gasteiger charge is 2.27. The summed E-state index contributed by atoms with van der Waals surface area (Å²) in [6, 6.07) is 12.8. The monoisotopic (exact) mass is 670 g/mol. The summed E-state index contributed by atoms with van der Waals surface area (Å²) >= 11 is 3.86. The minimum atomic E-state index is -3.35.